The Bertz CT molecular complexity index is 1260. The van der Waals surface area contributed by atoms with E-state index in [1.54, 1.807) is 30.6 Å². The summed E-state index contributed by atoms with van der Waals surface area (Å²) >= 11 is 0. The van der Waals surface area contributed by atoms with Crippen molar-refractivity contribution in [2.45, 2.75) is 30.0 Å². The monoisotopic (exact) mass is 484 g/mol. The average molecular weight is 485 g/mol. The smallest absolute Gasteiger partial charge is 0.241 e. The van der Waals surface area contributed by atoms with E-state index in [-0.39, 0.29) is 24.3 Å². The molecule has 3 heterocycles. The van der Waals surface area contributed by atoms with Crippen LogP contribution in [0.25, 0.3) is 10.8 Å². The van der Waals surface area contributed by atoms with E-state index in [4.69, 9.17) is 9.47 Å². The molecule has 5 rings (SSSR count). The van der Waals surface area contributed by atoms with Crippen molar-refractivity contribution in [3.8, 4) is 11.5 Å². The summed E-state index contributed by atoms with van der Waals surface area (Å²) in [6.45, 7) is 2.24. The second-order valence-electron chi connectivity index (χ2n) is 8.58. The fourth-order valence-electron chi connectivity index (χ4n) is 4.51. The summed E-state index contributed by atoms with van der Waals surface area (Å²) in [5, 5.41) is 15.7. The van der Waals surface area contributed by atoms with Gasteiger partial charge in [-0.1, -0.05) is 18.2 Å². The molecule has 2 unspecified atom stereocenters. The van der Waals surface area contributed by atoms with Crippen molar-refractivity contribution in [1.29, 1.82) is 0 Å². The number of rotatable bonds is 7. The Labute approximate surface area is 198 Å². The van der Waals surface area contributed by atoms with Crippen molar-refractivity contribution in [1.82, 2.24) is 19.9 Å². The quantitative estimate of drug-likeness (QED) is 0.462. The first kappa shape index (κ1) is 23.0. The number of ether oxygens (including phenoxy) is 2. The van der Waals surface area contributed by atoms with E-state index in [1.165, 1.54) is 0 Å². The maximum atomic E-state index is 13.0. The predicted molar refractivity (Wildman–Crippen MR) is 127 cm³/mol. The molecule has 1 aromatic heterocycles. The van der Waals surface area contributed by atoms with Crippen LogP contribution in [-0.2, 0) is 16.4 Å². The zero-order chi connectivity index (χ0) is 23.5. The molecule has 2 aromatic carbocycles. The van der Waals surface area contributed by atoms with Crippen LogP contribution in [0.1, 0.15) is 12.0 Å². The fraction of sp³-hybridized carbons (Fsp3) is 0.375. The number of fused-ring (bicyclic) bond motifs is 2. The van der Waals surface area contributed by atoms with Crippen molar-refractivity contribution < 1.29 is 23.0 Å². The lowest BCUT2D eigenvalue weighted by Gasteiger charge is -2.29. The normalized spacial score (nSPS) is 19.7. The van der Waals surface area contributed by atoms with E-state index < -0.39 is 16.3 Å². The van der Waals surface area contributed by atoms with Gasteiger partial charge in [-0.2, -0.15) is 0 Å². The van der Waals surface area contributed by atoms with E-state index in [9.17, 15) is 13.5 Å². The highest BCUT2D eigenvalue weighted by molar-refractivity contribution is 7.89. The van der Waals surface area contributed by atoms with Crippen molar-refractivity contribution >= 4 is 20.8 Å². The first-order valence-corrected chi connectivity index (χ1v) is 12.8. The largest absolute Gasteiger partial charge is 0.454 e. The third-order valence-corrected chi connectivity index (χ3v) is 7.72. The number of hydrogen-bond donors (Lipinski definition) is 3. The summed E-state index contributed by atoms with van der Waals surface area (Å²) in [6, 6.07) is 12.8. The third kappa shape index (κ3) is 5.01. The number of aromatic nitrogens is 1. The molecule has 0 bridgehead atoms. The minimum Gasteiger partial charge on any atom is -0.454 e. The van der Waals surface area contributed by atoms with Gasteiger partial charge in [-0.3, -0.25) is 9.88 Å². The van der Waals surface area contributed by atoms with Crippen LogP contribution < -0.4 is 19.5 Å². The molecule has 1 fully saturated rings. The highest BCUT2D eigenvalue weighted by atomic mass is 32.2. The maximum Gasteiger partial charge on any atom is 0.241 e. The lowest BCUT2D eigenvalue weighted by molar-refractivity contribution is 0.00757. The molecule has 0 saturated carbocycles. The van der Waals surface area contributed by atoms with Crippen LogP contribution in [0.15, 0.2) is 59.8 Å². The first-order valence-electron chi connectivity index (χ1n) is 11.4. The molecular weight excluding hydrogens is 456 g/mol. The van der Waals surface area contributed by atoms with Gasteiger partial charge in [-0.25, -0.2) is 13.1 Å². The second-order valence-corrected chi connectivity index (χ2v) is 10.3. The molecule has 0 spiro atoms. The predicted octanol–water partition coefficient (Wildman–Crippen LogP) is 1.47. The van der Waals surface area contributed by atoms with E-state index in [0.717, 1.165) is 41.8 Å². The standard InChI is InChI=1S/C24H28N4O5S/c29-24(14-27-34(30,31)23-4-1-3-18-13-25-9-7-20(18)23)28-10-2-8-26-19(15-28)11-17-5-6-21-22(12-17)33-16-32-21/h1,3-7,9,12-13,19,24,26-27,29H,2,8,10-11,14-16H2. The Hall–Kier alpha value is -2.76. The Morgan fingerprint density at radius 3 is 3.00 bits per heavy atom. The van der Waals surface area contributed by atoms with Crippen molar-refractivity contribution in [2.75, 3.05) is 33.0 Å². The number of nitrogens with zero attached hydrogens (tertiary/aromatic N) is 2. The minimum absolute atomic E-state index is 0.0967. The van der Waals surface area contributed by atoms with Crippen molar-refractivity contribution in [3.63, 3.8) is 0 Å². The number of hydrogen-bond acceptors (Lipinski definition) is 8. The lowest BCUT2D eigenvalue weighted by Crippen LogP contribution is -2.48. The van der Waals surface area contributed by atoms with Gasteiger partial charge in [0.25, 0.3) is 0 Å². The SMILES string of the molecule is O=S(=O)(NCC(O)N1CCCNC(Cc2ccc3c(c2)OCO3)C1)c1cccc2cnccc12. The van der Waals surface area contributed by atoms with Gasteiger partial charge in [0.05, 0.1) is 11.4 Å². The minimum atomic E-state index is -3.80. The van der Waals surface area contributed by atoms with Gasteiger partial charge >= 0.3 is 0 Å². The molecule has 2 aliphatic rings. The fourth-order valence-corrected chi connectivity index (χ4v) is 5.76. The Kier molecular flexibility index (Phi) is 6.66. The summed E-state index contributed by atoms with van der Waals surface area (Å²) in [7, 11) is -3.80. The molecule has 3 aromatic rings. The number of benzene rings is 2. The summed E-state index contributed by atoms with van der Waals surface area (Å²) in [4.78, 5) is 6.16. The van der Waals surface area contributed by atoms with Crippen molar-refractivity contribution in [2.24, 2.45) is 0 Å². The molecule has 0 radical (unpaired) electrons. The van der Waals surface area contributed by atoms with Crippen LogP contribution in [0.5, 0.6) is 11.5 Å². The van der Waals surface area contributed by atoms with Crippen molar-refractivity contribution in [3.05, 3.63) is 60.4 Å². The highest BCUT2D eigenvalue weighted by Crippen LogP contribution is 2.33. The van der Waals surface area contributed by atoms with E-state index >= 15 is 0 Å². The van der Waals surface area contributed by atoms with Crippen LogP contribution in [0.3, 0.4) is 0 Å². The van der Waals surface area contributed by atoms with Crippen LogP contribution >= 0.6 is 0 Å². The maximum absolute atomic E-state index is 13.0. The Morgan fingerprint density at radius 1 is 1.21 bits per heavy atom. The molecule has 34 heavy (non-hydrogen) atoms. The molecular formula is C24H28N4O5S. The molecule has 1 saturated heterocycles. The highest BCUT2D eigenvalue weighted by Gasteiger charge is 2.26. The number of aliphatic hydroxyl groups excluding tert-OH is 1. The number of nitrogens with one attached hydrogen (secondary N) is 2. The molecule has 10 heteroatoms. The van der Waals surface area contributed by atoms with Crippen LogP contribution in [0.2, 0.25) is 0 Å². The van der Waals surface area contributed by atoms with Gasteiger partial charge < -0.3 is 19.9 Å². The van der Waals surface area contributed by atoms with E-state index in [0.29, 0.717) is 18.5 Å². The van der Waals surface area contributed by atoms with E-state index in [1.807, 2.05) is 29.2 Å². The van der Waals surface area contributed by atoms with Gasteiger partial charge in [0.15, 0.2) is 11.5 Å². The zero-order valence-electron chi connectivity index (χ0n) is 18.7. The topological polar surface area (TPSA) is 113 Å². The molecule has 3 N–H and O–H groups in total. The Morgan fingerprint density at radius 2 is 2.09 bits per heavy atom. The van der Waals surface area contributed by atoms with Crippen LogP contribution in [0.4, 0.5) is 0 Å². The van der Waals surface area contributed by atoms with E-state index in [2.05, 4.69) is 15.0 Å². The molecule has 2 aliphatic heterocycles. The third-order valence-electron chi connectivity index (χ3n) is 6.24. The summed E-state index contributed by atoms with van der Waals surface area (Å²) in [5.41, 5.74) is 1.12. The van der Waals surface area contributed by atoms with Gasteiger partial charge in [0, 0.05) is 42.3 Å². The zero-order valence-corrected chi connectivity index (χ0v) is 19.5. The molecule has 9 nitrogen and oxygen atoms in total. The van der Waals surface area contributed by atoms with Crippen LogP contribution in [-0.4, -0.2) is 68.6 Å². The lowest BCUT2D eigenvalue weighted by atomic mass is 10.0. The molecule has 0 aliphatic carbocycles. The molecule has 0 amide bonds. The second kappa shape index (κ2) is 9.85. The van der Waals surface area contributed by atoms with Crippen LogP contribution in [0, 0.1) is 0 Å². The average Bonchev–Trinajstić information content (AvgIpc) is 3.19. The molecule has 180 valence electrons. The van der Waals surface area contributed by atoms with Gasteiger partial charge in [-0.05, 0) is 49.2 Å². The number of sulfonamides is 1. The summed E-state index contributed by atoms with van der Waals surface area (Å²) in [6.07, 6.45) is 3.88. The van der Waals surface area contributed by atoms with Gasteiger partial charge in [0.2, 0.25) is 16.8 Å². The Balaban J connectivity index is 1.23. The van der Waals surface area contributed by atoms with Gasteiger partial charge in [0.1, 0.15) is 6.23 Å². The number of pyridine rings is 1. The van der Waals surface area contributed by atoms with Gasteiger partial charge in [-0.15, -0.1) is 0 Å². The summed E-state index contributed by atoms with van der Waals surface area (Å²) in [5.74, 6) is 1.51. The number of aliphatic hydroxyl groups is 1. The first-order chi connectivity index (χ1) is 16.5. The summed E-state index contributed by atoms with van der Waals surface area (Å²) < 4.78 is 39.5. The molecule has 2 atom stereocenters.